The van der Waals surface area contributed by atoms with Crippen molar-refractivity contribution >= 4 is 38.9 Å². The van der Waals surface area contributed by atoms with Crippen molar-refractivity contribution in [3.8, 4) is 0 Å². The minimum Gasteiger partial charge on any atom is -0.325 e. The third kappa shape index (κ3) is 4.41. The summed E-state index contributed by atoms with van der Waals surface area (Å²) >= 11 is 4.94. The van der Waals surface area contributed by atoms with Gasteiger partial charge in [0.25, 0.3) is 0 Å². The summed E-state index contributed by atoms with van der Waals surface area (Å²) in [6.07, 6.45) is 1.76. The van der Waals surface area contributed by atoms with Crippen LogP contribution in [0.25, 0.3) is 0 Å². The highest BCUT2D eigenvalue weighted by molar-refractivity contribution is 9.10. The van der Waals surface area contributed by atoms with E-state index in [0.717, 1.165) is 15.2 Å². The Morgan fingerprint density at radius 3 is 3.05 bits per heavy atom. The number of benzene rings is 1. The van der Waals surface area contributed by atoms with Gasteiger partial charge in [0.1, 0.15) is 5.01 Å². The zero-order valence-corrected chi connectivity index (χ0v) is 12.8. The molecule has 2 rings (SSSR count). The van der Waals surface area contributed by atoms with Gasteiger partial charge in [0.2, 0.25) is 5.91 Å². The molecule has 0 aliphatic carbocycles. The average molecular weight is 340 g/mol. The van der Waals surface area contributed by atoms with Crippen molar-refractivity contribution in [2.45, 2.75) is 13.0 Å². The van der Waals surface area contributed by atoms with E-state index < -0.39 is 0 Å². The van der Waals surface area contributed by atoms with Gasteiger partial charge in [0, 0.05) is 21.7 Å². The Labute approximate surface area is 124 Å². The number of rotatable bonds is 5. The molecule has 1 amide bonds. The molecule has 0 fully saturated rings. The summed E-state index contributed by atoms with van der Waals surface area (Å²) in [5.41, 5.74) is 0.781. The molecule has 1 heterocycles. The van der Waals surface area contributed by atoms with E-state index >= 15 is 0 Å². The van der Waals surface area contributed by atoms with E-state index in [0.29, 0.717) is 0 Å². The monoisotopic (exact) mass is 339 g/mol. The fourth-order valence-corrected chi connectivity index (χ4v) is 2.62. The molecular weight excluding hydrogens is 326 g/mol. The summed E-state index contributed by atoms with van der Waals surface area (Å²) in [6, 6.07) is 7.59. The second-order valence-electron chi connectivity index (χ2n) is 4.03. The van der Waals surface area contributed by atoms with Crippen molar-refractivity contribution < 1.29 is 4.79 Å². The van der Waals surface area contributed by atoms with Gasteiger partial charge in [-0.25, -0.2) is 4.98 Å². The van der Waals surface area contributed by atoms with Crippen LogP contribution in [0.4, 0.5) is 5.69 Å². The number of hydrogen-bond donors (Lipinski definition) is 2. The number of anilines is 1. The maximum absolute atomic E-state index is 11.8. The number of thiazole rings is 1. The van der Waals surface area contributed by atoms with E-state index in [1.165, 1.54) is 0 Å². The van der Waals surface area contributed by atoms with E-state index in [2.05, 4.69) is 31.5 Å². The van der Waals surface area contributed by atoms with Gasteiger partial charge < -0.3 is 5.32 Å². The lowest BCUT2D eigenvalue weighted by Crippen LogP contribution is -2.30. The van der Waals surface area contributed by atoms with Gasteiger partial charge in [0.15, 0.2) is 0 Å². The molecule has 1 atom stereocenters. The van der Waals surface area contributed by atoms with Crippen molar-refractivity contribution in [1.82, 2.24) is 10.3 Å². The minimum atomic E-state index is -0.0680. The van der Waals surface area contributed by atoms with Crippen molar-refractivity contribution in [2.75, 3.05) is 11.9 Å². The number of halogens is 1. The lowest BCUT2D eigenvalue weighted by Gasteiger charge is -2.11. The third-order valence-electron chi connectivity index (χ3n) is 2.50. The second-order valence-corrected chi connectivity index (χ2v) is 5.87. The average Bonchev–Trinajstić information content (AvgIpc) is 2.90. The predicted octanol–water partition coefficient (Wildman–Crippen LogP) is 3.19. The molecule has 0 saturated heterocycles. The third-order valence-corrected chi connectivity index (χ3v) is 3.95. The lowest BCUT2D eigenvalue weighted by molar-refractivity contribution is -0.115. The highest BCUT2D eigenvalue weighted by Gasteiger charge is 2.09. The van der Waals surface area contributed by atoms with Crippen LogP contribution in [0.5, 0.6) is 0 Å². The van der Waals surface area contributed by atoms with E-state index in [-0.39, 0.29) is 18.5 Å². The molecule has 19 heavy (non-hydrogen) atoms. The molecule has 100 valence electrons. The molecular formula is C13H14BrN3OS. The molecule has 4 nitrogen and oxygen atoms in total. The number of carbonyl (C=O) groups is 1. The summed E-state index contributed by atoms with van der Waals surface area (Å²) < 4.78 is 0.939. The van der Waals surface area contributed by atoms with E-state index in [1.54, 1.807) is 17.5 Å². The fraction of sp³-hybridized carbons (Fsp3) is 0.231. The SMILES string of the molecule is CC(NCC(=O)Nc1cccc(Br)c1)c1nccs1. The molecule has 1 aromatic heterocycles. The van der Waals surface area contributed by atoms with Crippen LogP contribution in [-0.4, -0.2) is 17.4 Å². The zero-order chi connectivity index (χ0) is 13.7. The molecule has 0 saturated carbocycles. The molecule has 0 aliphatic rings. The van der Waals surface area contributed by atoms with Crippen molar-refractivity contribution in [1.29, 1.82) is 0 Å². The largest absolute Gasteiger partial charge is 0.325 e. The fourth-order valence-electron chi connectivity index (χ4n) is 1.55. The zero-order valence-electron chi connectivity index (χ0n) is 10.4. The molecule has 0 aliphatic heterocycles. The molecule has 0 spiro atoms. The molecule has 1 aromatic carbocycles. The highest BCUT2D eigenvalue weighted by Crippen LogP contribution is 2.16. The lowest BCUT2D eigenvalue weighted by atomic mass is 10.3. The first-order valence-electron chi connectivity index (χ1n) is 5.83. The van der Waals surface area contributed by atoms with Crippen molar-refractivity contribution in [3.63, 3.8) is 0 Å². The molecule has 2 N–H and O–H groups in total. The van der Waals surface area contributed by atoms with Crippen LogP contribution >= 0.6 is 27.3 Å². The van der Waals surface area contributed by atoms with Crippen molar-refractivity contribution in [3.05, 3.63) is 45.3 Å². The Morgan fingerprint density at radius 1 is 1.53 bits per heavy atom. The van der Waals surface area contributed by atoms with E-state index in [1.807, 2.05) is 36.6 Å². The first-order chi connectivity index (χ1) is 9.15. The second kappa shape index (κ2) is 6.79. The number of carbonyl (C=O) groups excluding carboxylic acids is 1. The Morgan fingerprint density at radius 2 is 2.37 bits per heavy atom. The minimum absolute atomic E-state index is 0.0680. The standard InChI is InChI=1S/C13H14BrN3OS/c1-9(13-15-5-6-19-13)16-8-12(18)17-11-4-2-3-10(14)7-11/h2-7,9,16H,8H2,1H3,(H,17,18). The van der Waals surface area contributed by atoms with Crippen LogP contribution < -0.4 is 10.6 Å². The Bertz CT molecular complexity index is 545. The molecule has 2 aromatic rings. The summed E-state index contributed by atoms with van der Waals surface area (Å²) in [4.78, 5) is 16.0. The van der Waals surface area contributed by atoms with Gasteiger partial charge in [-0.1, -0.05) is 22.0 Å². The van der Waals surface area contributed by atoms with Crippen LogP contribution in [0.2, 0.25) is 0 Å². The highest BCUT2D eigenvalue weighted by atomic mass is 79.9. The first-order valence-corrected chi connectivity index (χ1v) is 7.50. The normalized spacial score (nSPS) is 12.1. The number of aromatic nitrogens is 1. The van der Waals surface area contributed by atoms with Crippen LogP contribution in [-0.2, 0) is 4.79 Å². The maximum Gasteiger partial charge on any atom is 0.238 e. The summed E-state index contributed by atoms with van der Waals surface area (Å²) in [6.45, 7) is 2.25. The van der Waals surface area contributed by atoms with Gasteiger partial charge in [0.05, 0.1) is 12.6 Å². The van der Waals surface area contributed by atoms with E-state index in [9.17, 15) is 4.79 Å². The van der Waals surface area contributed by atoms with Gasteiger partial charge in [-0.15, -0.1) is 11.3 Å². The number of nitrogens with one attached hydrogen (secondary N) is 2. The Balaban J connectivity index is 1.82. The van der Waals surface area contributed by atoms with Crippen LogP contribution in [0, 0.1) is 0 Å². The maximum atomic E-state index is 11.8. The molecule has 1 unspecified atom stereocenters. The molecule has 0 bridgehead atoms. The first kappa shape index (κ1) is 14.2. The topological polar surface area (TPSA) is 54.0 Å². The number of nitrogens with zero attached hydrogens (tertiary/aromatic N) is 1. The molecule has 0 radical (unpaired) electrons. The summed E-state index contributed by atoms with van der Waals surface area (Å²) in [7, 11) is 0. The number of hydrogen-bond acceptors (Lipinski definition) is 4. The van der Waals surface area contributed by atoms with Gasteiger partial charge in [-0.3, -0.25) is 10.1 Å². The van der Waals surface area contributed by atoms with Gasteiger partial charge in [-0.05, 0) is 25.1 Å². The van der Waals surface area contributed by atoms with Gasteiger partial charge >= 0.3 is 0 Å². The molecule has 6 heteroatoms. The van der Waals surface area contributed by atoms with E-state index in [4.69, 9.17) is 0 Å². The Hall–Kier alpha value is -1.24. The van der Waals surface area contributed by atoms with Crippen LogP contribution in [0.3, 0.4) is 0 Å². The van der Waals surface area contributed by atoms with Crippen molar-refractivity contribution in [2.24, 2.45) is 0 Å². The smallest absolute Gasteiger partial charge is 0.238 e. The Kier molecular flexibility index (Phi) is 5.07. The predicted molar refractivity (Wildman–Crippen MR) is 81.3 cm³/mol. The summed E-state index contributed by atoms with van der Waals surface area (Å²) in [5.74, 6) is -0.0680. The quantitative estimate of drug-likeness (QED) is 0.879. The number of amides is 1. The van der Waals surface area contributed by atoms with Crippen LogP contribution in [0.1, 0.15) is 18.0 Å². The summed E-state index contributed by atoms with van der Waals surface area (Å²) in [5, 5.41) is 8.89. The van der Waals surface area contributed by atoms with Crippen LogP contribution in [0.15, 0.2) is 40.3 Å². The van der Waals surface area contributed by atoms with Gasteiger partial charge in [-0.2, -0.15) is 0 Å².